The molecule has 0 bridgehead atoms. The first-order valence-electron chi connectivity index (χ1n) is 6.49. The van der Waals surface area contributed by atoms with Gasteiger partial charge in [0, 0.05) is 11.6 Å². The maximum absolute atomic E-state index is 12.1. The van der Waals surface area contributed by atoms with Gasteiger partial charge in [0.25, 0.3) is 0 Å². The topological polar surface area (TPSA) is 54.0 Å². The average Bonchev–Trinajstić information content (AvgIpc) is 2.88. The van der Waals surface area contributed by atoms with Crippen LogP contribution in [0.15, 0.2) is 41.9 Å². The van der Waals surface area contributed by atoms with Crippen molar-refractivity contribution < 1.29 is 4.79 Å². The zero-order valence-corrected chi connectivity index (χ0v) is 12.7. The van der Waals surface area contributed by atoms with Gasteiger partial charge in [-0.15, -0.1) is 11.3 Å². The summed E-state index contributed by atoms with van der Waals surface area (Å²) in [6.07, 6.45) is 1.67. The largest absolute Gasteiger partial charge is 0.330 e. The Hall–Kier alpha value is -1.88. The molecule has 1 atom stereocenters. The summed E-state index contributed by atoms with van der Waals surface area (Å²) in [5, 5.41) is 8.21. The molecule has 0 saturated heterocycles. The van der Waals surface area contributed by atoms with Gasteiger partial charge in [-0.05, 0) is 11.0 Å². The van der Waals surface area contributed by atoms with Gasteiger partial charge in [-0.25, -0.2) is 9.78 Å². The van der Waals surface area contributed by atoms with Crippen molar-refractivity contribution in [3.63, 3.8) is 0 Å². The van der Waals surface area contributed by atoms with Crippen LogP contribution in [0.2, 0.25) is 0 Å². The molecule has 1 unspecified atom stereocenters. The average molecular weight is 289 g/mol. The molecule has 0 fully saturated rings. The highest BCUT2D eigenvalue weighted by molar-refractivity contribution is 7.13. The van der Waals surface area contributed by atoms with E-state index < -0.39 is 0 Å². The second-order valence-electron chi connectivity index (χ2n) is 5.65. The third-order valence-electron chi connectivity index (χ3n) is 2.93. The van der Waals surface area contributed by atoms with Crippen LogP contribution in [0.4, 0.5) is 9.93 Å². The van der Waals surface area contributed by atoms with E-state index in [0.717, 1.165) is 5.56 Å². The summed E-state index contributed by atoms with van der Waals surface area (Å²) >= 11 is 1.40. The van der Waals surface area contributed by atoms with Crippen molar-refractivity contribution in [3.8, 4) is 0 Å². The molecule has 1 aromatic carbocycles. The summed E-state index contributed by atoms with van der Waals surface area (Å²) in [6, 6.07) is 9.69. The molecule has 0 aliphatic heterocycles. The van der Waals surface area contributed by atoms with Gasteiger partial charge in [-0.2, -0.15) is 0 Å². The van der Waals surface area contributed by atoms with Gasteiger partial charge in [0.2, 0.25) is 0 Å². The Labute approximate surface area is 123 Å². The molecule has 0 spiro atoms. The molecule has 0 aliphatic carbocycles. The number of amides is 2. The molecule has 2 N–H and O–H groups in total. The van der Waals surface area contributed by atoms with Crippen LogP contribution in [0.3, 0.4) is 0 Å². The number of nitrogens with zero attached hydrogens (tertiary/aromatic N) is 1. The number of benzene rings is 1. The third kappa shape index (κ3) is 3.81. The maximum Gasteiger partial charge on any atom is 0.321 e. The van der Waals surface area contributed by atoms with Crippen molar-refractivity contribution in [1.82, 2.24) is 10.3 Å². The third-order valence-corrected chi connectivity index (χ3v) is 3.62. The number of thiazole rings is 1. The molecule has 2 amide bonds. The minimum absolute atomic E-state index is 0.0661. The maximum atomic E-state index is 12.1. The van der Waals surface area contributed by atoms with E-state index in [0.29, 0.717) is 5.13 Å². The van der Waals surface area contributed by atoms with Crippen molar-refractivity contribution in [2.45, 2.75) is 26.8 Å². The van der Waals surface area contributed by atoms with Gasteiger partial charge in [-0.1, -0.05) is 51.1 Å². The van der Waals surface area contributed by atoms with Crippen molar-refractivity contribution in [2.75, 3.05) is 5.32 Å². The first kappa shape index (κ1) is 14.5. The zero-order chi connectivity index (χ0) is 14.6. The molecule has 20 heavy (non-hydrogen) atoms. The highest BCUT2D eigenvalue weighted by atomic mass is 32.1. The van der Waals surface area contributed by atoms with Gasteiger partial charge < -0.3 is 5.32 Å². The van der Waals surface area contributed by atoms with Crippen LogP contribution >= 0.6 is 11.3 Å². The predicted molar refractivity (Wildman–Crippen MR) is 82.9 cm³/mol. The molecule has 0 radical (unpaired) electrons. The smallest absolute Gasteiger partial charge is 0.321 e. The second kappa shape index (κ2) is 6.05. The van der Waals surface area contributed by atoms with E-state index in [9.17, 15) is 4.79 Å². The molecule has 1 aromatic heterocycles. The van der Waals surface area contributed by atoms with Gasteiger partial charge in [0.05, 0.1) is 6.04 Å². The van der Waals surface area contributed by atoms with Gasteiger partial charge in [-0.3, -0.25) is 5.32 Å². The molecular formula is C15H19N3OS. The Morgan fingerprint density at radius 3 is 2.50 bits per heavy atom. The number of carbonyl (C=O) groups is 1. The minimum atomic E-state index is -0.233. The van der Waals surface area contributed by atoms with Gasteiger partial charge in [0.15, 0.2) is 5.13 Å². The first-order valence-corrected chi connectivity index (χ1v) is 7.37. The fraction of sp³-hybridized carbons (Fsp3) is 0.333. The number of urea groups is 1. The lowest BCUT2D eigenvalue weighted by Gasteiger charge is -2.31. The Balaban J connectivity index is 2.11. The molecule has 1 heterocycles. The lowest BCUT2D eigenvalue weighted by molar-refractivity contribution is 0.229. The van der Waals surface area contributed by atoms with Crippen LogP contribution in [-0.4, -0.2) is 11.0 Å². The summed E-state index contributed by atoms with van der Waals surface area (Å²) in [7, 11) is 0. The first-order chi connectivity index (χ1) is 9.47. The van der Waals surface area contributed by atoms with E-state index in [1.807, 2.05) is 35.7 Å². The lowest BCUT2D eigenvalue weighted by atomic mass is 9.82. The summed E-state index contributed by atoms with van der Waals surface area (Å²) in [5.41, 5.74) is 1.01. The van der Waals surface area contributed by atoms with Crippen molar-refractivity contribution >= 4 is 22.5 Å². The van der Waals surface area contributed by atoms with E-state index in [4.69, 9.17) is 0 Å². The molecule has 2 aromatic rings. The number of aromatic nitrogens is 1. The van der Waals surface area contributed by atoms with Crippen LogP contribution in [0.5, 0.6) is 0 Å². The number of hydrogen-bond acceptors (Lipinski definition) is 3. The van der Waals surface area contributed by atoms with Crippen LogP contribution in [0, 0.1) is 5.41 Å². The number of hydrogen-bond donors (Lipinski definition) is 2. The van der Waals surface area contributed by atoms with E-state index in [2.05, 4.69) is 36.4 Å². The highest BCUT2D eigenvalue weighted by Gasteiger charge is 2.27. The van der Waals surface area contributed by atoms with E-state index in [-0.39, 0.29) is 17.5 Å². The number of anilines is 1. The molecule has 106 valence electrons. The summed E-state index contributed by atoms with van der Waals surface area (Å²) in [6.45, 7) is 6.32. The highest BCUT2D eigenvalue weighted by Crippen LogP contribution is 2.32. The Morgan fingerprint density at radius 2 is 1.95 bits per heavy atom. The Bertz CT molecular complexity index is 546. The molecular weight excluding hydrogens is 270 g/mol. The predicted octanol–water partition coefficient (Wildman–Crippen LogP) is 4.05. The van der Waals surface area contributed by atoms with Crippen LogP contribution in [0.25, 0.3) is 0 Å². The van der Waals surface area contributed by atoms with E-state index in [1.165, 1.54) is 11.3 Å². The standard InChI is InChI=1S/C15H19N3OS/c1-15(2,3)12(11-7-5-4-6-8-11)17-13(19)18-14-16-9-10-20-14/h4-10,12H,1-3H3,(H2,16,17,18,19). The summed E-state index contributed by atoms with van der Waals surface area (Å²) in [4.78, 5) is 16.1. The minimum Gasteiger partial charge on any atom is -0.330 e. The van der Waals surface area contributed by atoms with Crippen molar-refractivity contribution in [3.05, 3.63) is 47.5 Å². The van der Waals surface area contributed by atoms with Gasteiger partial charge >= 0.3 is 6.03 Å². The zero-order valence-electron chi connectivity index (χ0n) is 11.9. The van der Waals surface area contributed by atoms with Crippen LogP contribution < -0.4 is 10.6 Å². The van der Waals surface area contributed by atoms with Crippen LogP contribution in [0.1, 0.15) is 32.4 Å². The van der Waals surface area contributed by atoms with Crippen molar-refractivity contribution in [1.29, 1.82) is 0 Å². The second-order valence-corrected chi connectivity index (χ2v) is 6.54. The summed E-state index contributed by atoms with van der Waals surface area (Å²) < 4.78 is 0. The molecule has 5 heteroatoms. The molecule has 2 rings (SSSR count). The molecule has 0 aliphatic rings. The quantitative estimate of drug-likeness (QED) is 0.895. The Morgan fingerprint density at radius 1 is 1.25 bits per heavy atom. The molecule has 0 saturated carbocycles. The fourth-order valence-electron chi connectivity index (χ4n) is 1.99. The fourth-order valence-corrected chi connectivity index (χ4v) is 2.52. The monoisotopic (exact) mass is 289 g/mol. The number of carbonyl (C=O) groups excluding carboxylic acids is 1. The Kier molecular flexibility index (Phi) is 4.39. The van der Waals surface area contributed by atoms with Crippen LogP contribution in [-0.2, 0) is 0 Å². The number of nitrogens with one attached hydrogen (secondary N) is 2. The van der Waals surface area contributed by atoms with Gasteiger partial charge in [0.1, 0.15) is 0 Å². The molecule has 4 nitrogen and oxygen atoms in total. The van der Waals surface area contributed by atoms with E-state index in [1.54, 1.807) is 6.20 Å². The summed E-state index contributed by atoms with van der Waals surface area (Å²) in [5.74, 6) is 0. The number of rotatable bonds is 3. The van der Waals surface area contributed by atoms with E-state index >= 15 is 0 Å². The SMILES string of the molecule is CC(C)(C)C(NC(=O)Nc1nccs1)c1ccccc1. The normalized spacial score (nSPS) is 12.8. The van der Waals surface area contributed by atoms with Crippen molar-refractivity contribution in [2.24, 2.45) is 5.41 Å². The lowest BCUT2D eigenvalue weighted by Crippen LogP contribution is -2.39.